The molecule has 1 saturated heterocycles. The van der Waals surface area contributed by atoms with E-state index >= 15 is 0 Å². The van der Waals surface area contributed by atoms with E-state index in [4.69, 9.17) is 4.74 Å². The Morgan fingerprint density at radius 1 is 1.44 bits per heavy atom. The van der Waals surface area contributed by atoms with Crippen LogP contribution in [0.2, 0.25) is 0 Å². The Balaban J connectivity index is 2.19. The van der Waals surface area contributed by atoms with Gasteiger partial charge in [-0.2, -0.15) is 0 Å². The number of carbonyl (C=O) groups excluding carboxylic acids is 3. The van der Waals surface area contributed by atoms with Gasteiger partial charge in [0.1, 0.15) is 6.61 Å². The minimum atomic E-state index is -0.623. The van der Waals surface area contributed by atoms with Crippen molar-refractivity contribution in [1.82, 2.24) is 4.90 Å². The van der Waals surface area contributed by atoms with Crippen LogP contribution in [0, 0.1) is 0 Å². The van der Waals surface area contributed by atoms with E-state index in [0.717, 1.165) is 6.42 Å². The normalized spacial score (nSPS) is 14.5. The molecule has 0 saturated carbocycles. The van der Waals surface area contributed by atoms with Crippen molar-refractivity contribution in [2.45, 2.75) is 19.3 Å². The van der Waals surface area contributed by atoms with Crippen LogP contribution >= 0.6 is 0 Å². The van der Waals surface area contributed by atoms with Gasteiger partial charge in [-0.25, -0.2) is 4.79 Å². The number of amides is 1. The molecule has 0 atom stereocenters. The lowest BCUT2D eigenvalue weighted by Crippen LogP contribution is -2.29. The predicted octanol–water partition coefficient (Wildman–Crippen LogP) is 0.271. The SMILES string of the molecule is C=C(CC(=O)OCCN1CCCC1=O)C(=O)OC. The van der Waals surface area contributed by atoms with Crippen molar-refractivity contribution < 1.29 is 23.9 Å². The van der Waals surface area contributed by atoms with Crippen LogP contribution in [0.1, 0.15) is 19.3 Å². The average molecular weight is 255 g/mol. The second-order valence-corrected chi connectivity index (χ2v) is 3.98. The molecule has 18 heavy (non-hydrogen) atoms. The van der Waals surface area contributed by atoms with Crippen molar-refractivity contribution in [3.8, 4) is 0 Å². The number of esters is 2. The molecule has 1 aliphatic rings. The van der Waals surface area contributed by atoms with E-state index < -0.39 is 11.9 Å². The Kier molecular flexibility index (Phi) is 5.35. The molecule has 1 fully saturated rings. The van der Waals surface area contributed by atoms with Gasteiger partial charge in [-0.05, 0) is 6.42 Å². The van der Waals surface area contributed by atoms with E-state index in [1.54, 1.807) is 4.90 Å². The summed E-state index contributed by atoms with van der Waals surface area (Å²) in [5.74, 6) is -1.08. The zero-order valence-corrected chi connectivity index (χ0v) is 10.4. The van der Waals surface area contributed by atoms with E-state index in [-0.39, 0.29) is 24.5 Å². The standard InChI is InChI=1S/C12H17NO5/c1-9(12(16)17-2)8-11(15)18-7-6-13-5-3-4-10(13)14/h1,3-8H2,2H3. The van der Waals surface area contributed by atoms with E-state index in [9.17, 15) is 14.4 Å². The first-order valence-electron chi connectivity index (χ1n) is 5.74. The van der Waals surface area contributed by atoms with Crippen molar-refractivity contribution in [1.29, 1.82) is 0 Å². The Bertz CT molecular complexity index is 363. The zero-order valence-electron chi connectivity index (χ0n) is 10.4. The van der Waals surface area contributed by atoms with Crippen LogP contribution in [0.4, 0.5) is 0 Å². The number of likely N-dealkylation sites (tertiary alicyclic amines) is 1. The number of methoxy groups -OCH3 is 1. The molecule has 1 aliphatic heterocycles. The molecule has 100 valence electrons. The number of rotatable bonds is 6. The molecule has 1 rings (SSSR count). The molecule has 1 heterocycles. The van der Waals surface area contributed by atoms with Gasteiger partial charge < -0.3 is 14.4 Å². The van der Waals surface area contributed by atoms with Gasteiger partial charge in [0, 0.05) is 18.5 Å². The highest BCUT2D eigenvalue weighted by atomic mass is 16.5. The van der Waals surface area contributed by atoms with Crippen molar-refractivity contribution in [3.63, 3.8) is 0 Å². The van der Waals surface area contributed by atoms with Gasteiger partial charge in [-0.15, -0.1) is 0 Å². The fraction of sp³-hybridized carbons (Fsp3) is 0.583. The fourth-order valence-corrected chi connectivity index (χ4v) is 1.65. The van der Waals surface area contributed by atoms with Crippen LogP contribution < -0.4 is 0 Å². The van der Waals surface area contributed by atoms with Crippen molar-refractivity contribution in [2.75, 3.05) is 26.8 Å². The molecule has 0 spiro atoms. The van der Waals surface area contributed by atoms with Crippen molar-refractivity contribution >= 4 is 17.8 Å². The maximum Gasteiger partial charge on any atom is 0.333 e. The van der Waals surface area contributed by atoms with Crippen LogP contribution in [0.25, 0.3) is 0 Å². The van der Waals surface area contributed by atoms with Gasteiger partial charge in [-0.1, -0.05) is 6.58 Å². The highest BCUT2D eigenvalue weighted by Crippen LogP contribution is 2.09. The first-order chi connectivity index (χ1) is 8.54. The van der Waals surface area contributed by atoms with E-state index in [1.807, 2.05) is 0 Å². The molecule has 0 aliphatic carbocycles. The van der Waals surface area contributed by atoms with Gasteiger partial charge in [0.05, 0.1) is 20.1 Å². The summed E-state index contributed by atoms with van der Waals surface area (Å²) in [5.41, 5.74) is 0.0553. The topological polar surface area (TPSA) is 72.9 Å². The van der Waals surface area contributed by atoms with E-state index in [2.05, 4.69) is 11.3 Å². The number of ether oxygens (including phenoxy) is 2. The molecule has 1 amide bonds. The minimum absolute atomic E-state index is 0.0553. The average Bonchev–Trinajstić information content (AvgIpc) is 2.74. The van der Waals surface area contributed by atoms with Crippen LogP contribution in [0.5, 0.6) is 0 Å². The summed E-state index contributed by atoms with van der Waals surface area (Å²) in [4.78, 5) is 35.2. The third kappa shape index (κ3) is 4.20. The fourth-order valence-electron chi connectivity index (χ4n) is 1.65. The van der Waals surface area contributed by atoms with E-state index in [0.29, 0.717) is 19.5 Å². The van der Waals surface area contributed by atoms with E-state index in [1.165, 1.54) is 7.11 Å². The first kappa shape index (κ1) is 14.2. The molecule has 6 nitrogen and oxygen atoms in total. The molecular formula is C12H17NO5. The van der Waals surface area contributed by atoms with Gasteiger partial charge >= 0.3 is 11.9 Å². The highest BCUT2D eigenvalue weighted by Gasteiger charge is 2.20. The number of hydrogen-bond donors (Lipinski definition) is 0. The Morgan fingerprint density at radius 2 is 2.17 bits per heavy atom. The Morgan fingerprint density at radius 3 is 2.72 bits per heavy atom. The lowest BCUT2D eigenvalue weighted by atomic mass is 10.2. The van der Waals surface area contributed by atoms with Crippen molar-refractivity contribution in [3.05, 3.63) is 12.2 Å². The van der Waals surface area contributed by atoms with Crippen LogP contribution in [-0.4, -0.2) is 49.6 Å². The lowest BCUT2D eigenvalue weighted by Gasteiger charge is -2.15. The zero-order chi connectivity index (χ0) is 13.5. The third-order valence-corrected chi connectivity index (χ3v) is 2.63. The molecule has 6 heteroatoms. The molecule has 0 aromatic carbocycles. The van der Waals surface area contributed by atoms with Gasteiger partial charge in [0.2, 0.25) is 5.91 Å². The smallest absolute Gasteiger partial charge is 0.333 e. The summed E-state index contributed by atoms with van der Waals surface area (Å²) in [6.45, 7) is 4.67. The summed E-state index contributed by atoms with van der Waals surface area (Å²) >= 11 is 0. The van der Waals surface area contributed by atoms with Crippen molar-refractivity contribution in [2.24, 2.45) is 0 Å². The maximum absolute atomic E-state index is 11.3. The maximum atomic E-state index is 11.3. The number of hydrogen-bond acceptors (Lipinski definition) is 5. The van der Waals surface area contributed by atoms with Gasteiger partial charge in [0.25, 0.3) is 0 Å². The highest BCUT2D eigenvalue weighted by molar-refractivity contribution is 5.93. The molecule has 0 bridgehead atoms. The predicted molar refractivity (Wildman–Crippen MR) is 62.5 cm³/mol. The second-order valence-electron chi connectivity index (χ2n) is 3.98. The Hall–Kier alpha value is -1.85. The molecule has 0 aromatic rings. The molecule has 0 N–H and O–H groups in total. The Labute approximate surface area is 106 Å². The lowest BCUT2D eigenvalue weighted by molar-refractivity contribution is -0.146. The van der Waals surface area contributed by atoms with Crippen LogP contribution in [0.3, 0.4) is 0 Å². The summed E-state index contributed by atoms with van der Waals surface area (Å²) in [6, 6.07) is 0. The molecule has 0 aromatic heterocycles. The second kappa shape index (κ2) is 6.78. The monoisotopic (exact) mass is 255 g/mol. The van der Waals surface area contributed by atoms with Gasteiger partial charge in [-0.3, -0.25) is 9.59 Å². The third-order valence-electron chi connectivity index (χ3n) is 2.63. The minimum Gasteiger partial charge on any atom is -0.466 e. The summed E-state index contributed by atoms with van der Waals surface area (Å²) in [7, 11) is 1.22. The quantitative estimate of drug-likeness (QED) is 0.503. The molecule has 0 unspecified atom stereocenters. The largest absolute Gasteiger partial charge is 0.466 e. The number of carbonyl (C=O) groups is 3. The number of nitrogens with zero attached hydrogens (tertiary/aromatic N) is 1. The molecule has 0 radical (unpaired) electrons. The molecular weight excluding hydrogens is 238 g/mol. The summed E-state index contributed by atoms with van der Waals surface area (Å²) in [6.07, 6.45) is 1.22. The summed E-state index contributed by atoms with van der Waals surface area (Å²) in [5, 5.41) is 0. The van der Waals surface area contributed by atoms with Crippen LogP contribution in [-0.2, 0) is 23.9 Å². The van der Waals surface area contributed by atoms with Crippen LogP contribution in [0.15, 0.2) is 12.2 Å². The first-order valence-corrected chi connectivity index (χ1v) is 5.74. The van der Waals surface area contributed by atoms with Gasteiger partial charge in [0.15, 0.2) is 0 Å². The summed E-state index contributed by atoms with van der Waals surface area (Å²) < 4.78 is 9.33.